The summed E-state index contributed by atoms with van der Waals surface area (Å²) in [5, 5.41) is 3.18. The van der Waals surface area contributed by atoms with Gasteiger partial charge in [0.05, 0.1) is 5.69 Å². The second-order valence-electron chi connectivity index (χ2n) is 6.16. The van der Waals surface area contributed by atoms with Crippen LogP contribution in [0.25, 0.3) is 0 Å². The second kappa shape index (κ2) is 8.07. The molecule has 0 radical (unpaired) electrons. The summed E-state index contributed by atoms with van der Waals surface area (Å²) < 4.78 is 44.1. The van der Waals surface area contributed by atoms with Gasteiger partial charge in [-0.15, -0.1) is 0 Å². The predicted octanol–water partition coefficient (Wildman–Crippen LogP) is 2.33. The normalized spacial score (nSPS) is 18.5. The molecule has 1 unspecified atom stereocenters. The fourth-order valence-corrected chi connectivity index (χ4v) is 2.70. The Morgan fingerprint density at radius 1 is 1.28 bits per heavy atom. The summed E-state index contributed by atoms with van der Waals surface area (Å²) >= 11 is 0. The molecule has 9 heteroatoms. The monoisotopic (exact) mass is 361 g/mol. The van der Waals surface area contributed by atoms with E-state index in [1.807, 2.05) is 25.7 Å². The van der Waals surface area contributed by atoms with Gasteiger partial charge < -0.3 is 14.6 Å². The summed E-state index contributed by atoms with van der Waals surface area (Å²) in [5.74, 6) is 1.98. The molecule has 2 rings (SSSR count). The average Bonchev–Trinajstić information content (AvgIpc) is 2.88. The number of halogens is 3. The number of alkyl halides is 3. The number of aliphatic imine (C=N–C) groups is 1. The summed E-state index contributed by atoms with van der Waals surface area (Å²) in [5.41, 5.74) is 0.838. The van der Waals surface area contributed by atoms with Gasteiger partial charge in [0.1, 0.15) is 18.3 Å². The van der Waals surface area contributed by atoms with Crippen LogP contribution < -0.4 is 5.32 Å². The van der Waals surface area contributed by atoms with E-state index in [2.05, 4.69) is 15.3 Å². The molecule has 0 aliphatic carbocycles. The first-order valence-corrected chi connectivity index (χ1v) is 8.49. The van der Waals surface area contributed by atoms with Crippen molar-refractivity contribution in [3.8, 4) is 0 Å². The van der Waals surface area contributed by atoms with Gasteiger partial charge in [0.2, 0.25) is 5.89 Å². The highest BCUT2D eigenvalue weighted by molar-refractivity contribution is 5.80. The molecule has 0 amide bonds. The maximum Gasteiger partial charge on any atom is 0.403 e. The van der Waals surface area contributed by atoms with Crippen molar-refractivity contribution in [1.29, 1.82) is 0 Å². The molecule has 2 heterocycles. The van der Waals surface area contributed by atoms with Crippen molar-refractivity contribution >= 4 is 5.96 Å². The zero-order valence-electron chi connectivity index (χ0n) is 15.2. The van der Waals surface area contributed by atoms with Crippen LogP contribution in [0, 0.1) is 13.8 Å². The van der Waals surface area contributed by atoms with Crippen molar-refractivity contribution in [2.75, 3.05) is 32.7 Å². The molecular formula is C16H26F3N5O. The Hall–Kier alpha value is -1.77. The molecule has 1 N–H and O–H groups in total. The Bertz CT molecular complexity index is 572. The van der Waals surface area contributed by atoms with Crippen LogP contribution >= 0.6 is 0 Å². The van der Waals surface area contributed by atoms with Gasteiger partial charge in [-0.25, -0.2) is 9.98 Å². The maximum atomic E-state index is 12.8. The lowest BCUT2D eigenvalue weighted by Gasteiger charge is -2.39. The number of aromatic nitrogens is 1. The minimum absolute atomic E-state index is 0.302. The number of hydrogen-bond donors (Lipinski definition) is 1. The van der Waals surface area contributed by atoms with Crippen LogP contribution in [-0.2, 0) is 6.54 Å². The molecule has 1 aliphatic rings. The lowest BCUT2D eigenvalue weighted by atomic mass is 10.2. The predicted molar refractivity (Wildman–Crippen MR) is 89.5 cm³/mol. The third-order valence-electron chi connectivity index (χ3n) is 4.41. The van der Waals surface area contributed by atoms with E-state index in [1.165, 1.54) is 11.8 Å². The van der Waals surface area contributed by atoms with E-state index in [9.17, 15) is 13.2 Å². The van der Waals surface area contributed by atoms with Crippen molar-refractivity contribution in [2.45, 2.75) is 46.5 Å². The quantitative estimate of drug-likeness (QED) is 0.659. The van der Waals surface area contributed by atoms with E-state index in [0.717, 1.165) is 11.5 Å². The Kier molecular flexibility index (Phi) is 6.31. The Morgan fingerprint density at radius 2 is 1.92 bits per heavy atom. The fraction of sp³-hybridized carbons (Fsp3) is 0.750. The number of hydrogen-bond acceptors (Lipinski definition) is 4. The van der Waals surface area contributed by atoms with Gasteiger partial charge in [0, 0.05) is 32.7 Å². The van der Waals surface area contributed by atoms with Gasteiger partial charge in [-0.2, -0.15) is 13.2 Å². The lowest BCUT2D eigenvalue weighted by Crippen LogP contribution is -2.56. The van der Waals surface area contributed by atoms with Crippen LogP contribution in [0.1, 0.15) is 31.2 Å². The topological polar surface area (TPSA) is 56.9 Å². The number of piperazine rings is 1. The molecule has 1 aliphatic heterocycles. The van der Waals surface area contributed by atoms with Crippen LogP contribution in [-0.4, -0.2) is 65.7 Å². The SMILES string of the molecule is CCNC(=NCc1nc(C)c(C)o1)N1CCN(C(C)C(F)(F)F)CC1. The molecule has 142 valence electrons. The molecule has 0 spiro atoms. The highest BCUT2D eigenvalue weighted by Crippen LogP contribution is 2.25. The first-order chi connectivity index (χ1) is 11.7. The largest absolute Gasteiger partial charge is 0.444 e. The van der Waals surface area contributed by atoms with E-state index < -0.39 is 12.2 Å². The van der Waals surface area contributed by atoms with Crippen LogP contribution in [0.4, 0.5) is 13.2 Å². The summed E-state index contributed by atoms with van der Waals surface area (Å²) in [6.45, 7) is 9.56. The zero-order valence-corrected chi connectivity index (χ0v) is 15.2. The highest BCUT2D eigenvalue weighted by Gasteiger charge is 2.41. The van der Waals surface area contributed by atoms with Gasteiger partial charge in [-0.1, -0.05) is 0 Å². The van der Waals surface area contributed by atoms with Crippen molar-refractivity contribution in [1.82, 2.24) is 20.1 Å². The third kappa shape index (κ3) is 5.10. The van der Waals surface area contributed by atoms with Crippen LogP contribution in [0.2, 0.25) is 0 Å². The summed E-state index contributed by atoms with van der Waals surface area (Å²) in [6, 6.07) is -1.42. The number of rotatable bonds is 4. The summed E-state index contributed by atoms with van der Waals surface area (Å²) in [7, 11) is 0. The number of nitrogens with one attached hydrogen (secondary N) is 1. The third-order valence-corrected chi connectivity index (χ3v) is 4.41. The van der Waals surface area contributed by atoms with E-state index in [4.69, 9.17) is 4.42 Å². The minimum Gasteiger partial charge on any atom is -0.444 e. The second-order valence-corrected chi connectivity index (χ2v) is 6.16. The smallest absolute Gasteiger partial charge is 0.403 e. The van der Waals surface area contributed by atoms with Crippen molar-refractivity contribution in [3.63, 3.8) is 0 Å². The zero-order chi connectivity index (χ0) is 18.6. The average molecular weight is 361 g/mol. The first-order valence-electron chi connectivity index (χ1n) is 8.49. The standard InChI is InChI=1S/C16H26F3N5O/c1-5-20-15(21-10-14-22-11(2)12(3)25-14)24-8-6-23(7-9-24)13(4)16(17,18)19/h13H,5-10H2,1-4H3,(H,20,21). The Labute approximate surface area is 146 Å². The maximum absolute atomic E-state index is 12.8. The van der Waals surface area contributed by atoms with Crippen LogP contribution in [0.15, 0.2) is 9.41 Å². The minimum atomic E-state index is -4.19. The Morgan fingerprint density at radius 3 is 2.40 bits per heavy atom. The van der Waals surface area contributed by atoms with Crippen molar-refractivity contribution < 1.29 is 17.6 Å². The lowest BCUT2D eigenvalue weighted by molar-refractivity contribution is -0.181. The number of nitrogens with zero attached hydrogens (tertiary/aromatic N) is 4. The van der Waals surface area contributed by atoms with Crippen molar-refractivity contribution in [3.05, 3.63) is 17.3 Å². The Balaban J connectivity index is 1.98. The number of oxazole rings is 1. The number of aryl methyl sites for hydroxylation is 2. The molecule has 1 aromatic heterocycles. The summed E-state index contributed by atoms with van der Waals surface area (Å²) in [4.78, 5) is 12.2. The molecule has 25 heavy (non-hydrogen) atoms. The first kappa shape index (κ1) is 19.6. The van der Waals surface area contributed by atoms with Gasteiger partial charge in [0.15, 0.2) is 5.96 Å². The molecule has 1 atom stereocenters. The molecule has 1 fully saturated rings. The molecule has 0 bridgehead atoms. The molecule has 1 saturated heterocycles. The van der Waals surface area contributed by atoms with E-state index in [0.29, 0.717) is 51.1 Å². The highest BCUT2D eigenvalue weighted by atomic mass is 19.4. The number of guanidine groups is 1. The van der Waals surface area contributed by atoms with Crippen LogP contribution in [0.5, 0.6) is 0 Å². The molecule has 1 aromatic rings. The molecular weight excluding hydrogens is 335 g/mol. The molecule has 0 saturated carbocycles. The fourth-order valence-electron chi connectivity index (χ4n) is 2.70. The van der Waals surface area contributed by atoms with Gasteiger partial charge >= 0.3 is 6.18 Å². The van der Waals surface area contributed by atoms with Gasteiger partial charge in [0.25, 0.3) is 0 Å². The van der Waals surface area contributed by atoms with Gasteiger partial charge in [-0.3, -0.25) is 4.90 Å². The summed E-state index contributed by atoms with van der Waals surface area (Å²) in [6.07, 6.45) is -4.19. The van der Waals surface area contributed by atoms with Crippen molar-refractivity contribution in [2.24, 2.45) is 4.99 Å². The van der Waals surface area contributed by atoms with E-state index >= 15 is 0 Å². The van der Waals surface area contributed by atoms with E-state index in [1.54, 1.807) is 0 Å². The molecule has 0 aromatic carbocycles. The van der Waals surface area contributed by atoms with Gasteiger partial charge in [-0.05, 0) is 27.7 Å². The van der Waals surface area contributed by atoms with E-state index in [-0.39, 0.29) is 0 Å². The van der Waals surface area contributed by atoms with Crippen LogP contribution in [0.3, 0.4) is 0 Å². The molecule has 6 nitrogen and oxygen atoms in total.